The third-order valence-corrected chi connectivity index (χ3v) is 3.13. The highest BCUT2D eigenvalue weighted by Crippen LogP contribution is 2.14. The van der Waals surface area contributed by atoms with Gasteiger partial charge in [-0.2, -0.15) is 0 Å². The summed E-state index contributed by atoms with van der Waals surface area (Å²) in [5, 5.41) is 13.3. The summed E-state index contributed by atoms with van der Waals surface area (Å²) in [5.74, 6) is 0. The van der Waals surface area contributed by atoms with Gasteiger partial charge < -0.3 is 10.4 Å². The number of aryl methyl sites for hydroxylation is 1. The van der Waals surface area contributed by atoms with Gasteiger partial charge in [0.25, 0.3) is 0 Å². The van der Waals surface area contributed by atoms with Crippen LogP contribution in [0.15, 0.2) is 30.3 Å². The monoisotopic (exact) mass is 205 g/mol. The lowest BCUT2D eigenvalue weighted by molar-refractivity contribution is 0.127. The van der Waals surface area contributed by atoms with Gasteiger partial charge in [-0.25, -0.2) is 0 Å². The van der Waals surface area contributed by atoms with Gasteiger partial charge in [-0.15, -0.1) is 0 Å². The van der Waals surface area contributed by atoms with Crippen molar-refractivity contribution in [3.05, 3.63) is 35.9 Å². The van der Waals surface area contributed by atoms with Gasteiger partial charge in [0.05, 0.1) is 6.10 Å². The van der Waals surface area contributed by atoms with Crippen molar-refractivity contribution in [2.24, 2.45) is 0 Å². The second kappa shape index (κ2) is 5.29. The lowest BCUT2D eigenvalue weighted by Crippen LogP contribution is -2.34. The Kier molecular flexibility index (Phi) is 3.75. The van der Waals surface area contributed by atoms with E-state index in [1.54, 1.807) is 0 Å². The fraction of sp³-hybridized carbons (Fsp3) is 0.538. The van der Waals surface area contributed by atoms with E-state index in [-0.39, 0.29) is 6.10 Å². The van der Waals surface area contributed by atoms with Crippen LogP contribution in [0, 0.1) is 0 Å². The minimum absolute atomic E-state index is 0.187. The number of rotatable bonds is 4. The van der Waals surface area contributed by atoms with Crippen LogP contribution in [0.4, 0.5) is 0 Å². The molecule has 0 spiro atoms. The molecule has 1 aliphatic heterocycles. The lowest BCUT2D eigenvalue weighted by atomic mass is 10.0. The number of benzene rings is 1. The highest BCUT2D eigenvalue weighted by molar-refractivity contribution is 5.14. The Bertz CT molecular complexity index is 280. The molecule has 0 aliphatic carbocycles. The smallest absolute Gasteiger partial charge is 0.0696 e. The number of aliphatic hydroxyl groups excluding tert-OH is 1. The fourth-order valence-corrected chi connectivity index (χ4v) is 2.20. The van der Waals surface area contributed by atoms with Gasteiger partial charge in [-0.1, -0.05) is 30.3 Å². The second-order valence-corrected chi connectivity index (χ2v) is 4.29. The zero-order valence-corrected chi connectivity index (χ0v) is 9.02. The summed E-state index contributed by atoms with van der Waals surface area (Å²) in [6, 6.07) is 10.7. The van der Waals surface area contributed by atoms with E-state index >= 15 is 0 Å². The molecule has 2 atom stereocenters. The summed E-state index contributed by atoms with van der Waals surface area (Å²) >= 11 is 0. The number of aliphatic hydroxyl groups is 1. The van der Waals surface area contributed by atoms with Crippen LogP contribution in [0.25, 0.3) is 0 Å². The number of hydrogen-bond donors (Lipinski definition) is 2. The summed E-state index contributed by atoms with van der Waals surface area (Å²) < 4.78 is 0. The van der Waals surface area contributed by atoms with E-state index in [0.717, 1.165) is 25.8 Å². The molecular formula is C13H19NO. The van der Waals surface area contributed by atoms with Crippen LogP contribution in [-0.2, 0) is 6.42 Å². The molecule has 15 heavy (non-hydrogen) atoms. The minimum Gasteiger partial charge on any atom is -0.391 e. The van der Waals surface area contributed by atoms with Gasteiger partial charge in [0, 0.05) is 6.04 Å². The van der Waals surface area contributed by atoms with Crippen LogP contribution >= 0.6 is 0 Å². The maximum absolute atomic E-state index is 9.95. The maximum atomic E-state index is 9.95. The molecule has 0 bridgehead atoms. The fourth-order valence-electron chi connectivity index (χ4n) is 2.20. The first-order chi connectivity index (χ1) is 7.36. The van der Waals surface area contributed by atoms with Crippen LogP contribution in [0.3, 0.4) is 0 Å². The van der Waals surface area contributed by atoms with Gasteiger partial charge in [0.1, 0.15) is 0 Å². The normalized spacial score (nSPS) is 22.9. The topological polar surface area (TPSA) is 32.3 Å². The molecule has 1 saturated heterocycles. The van der Waals surface area contributed by atoms with E-state index in [1.165, 1.54) is 12.0 Å². The Balaban J connectivity index is 1.77. The molecule has 2 heteroatoms. The summed E-state index contributed by atoms with van der Waals surface area (Å²) in [7, 11) is 0. The van der Waals surface area contributed by atoms with Crippen molar-refractivity contribution in [3.63, 3.8) is 0 Å². The zero-order chi connectivity index (χ0) is 10.5. The summed E-state index contributed by atoms with van der Waals surface area (Å²) in [4.78, 5) is 0. The molecule has 2 nitrogen and oxygen atoms in total. The van der Waals surface area contributed by atoms with Crippen molar-refractivity contribution >= 4 is 0 Å². The lowest BCUT2D eigenvalue weighted by Gasteiger charge is -2.17. The van der Waals surface area contributed by atoms with E-state index in [9.17, 15) is 5.11 Å². The molecule has 2 N–H and O–H groups in total. The molecule has 0 amide bonds. The third-order valence-electron chi connectivity index (χ3n) is 3.13. The van der Waals surface area contributed by atoms with Gasteiger partial charge in [0.15, 0.2) is 0 Å². The van der Waals surface area contributed by atoms with E-state index < -0.39 is 0 Å². The van der Waals surface area contributed by atoms with Crippen LogP contribution in [0.5, 0.6) is 0 Å². The van der Waals surface area contributed by atoms with E-state index in [4.69, 9.17) is 0 Å². The van der Waals surface area contributed by atoms with E-state index in [0.29, 0.717) is 6.04 Å². The molecule has 1 aromatic carbocycles. The van der Waals surface area contributed by atoms with Crippen LogP contribution in [0.2, 0.25) is 0 Å². The van der Waals surface area contributed by atoms with Gasteiger partial charge >= 0.3 is 0 Å². The molecule has 1 aliphatic rings. The van der Waals surface area contributed by atoms with Crippen molar-refractivity contribution in [3.8, 4) is 0 Å². The second-order valence-electron chi connectivity index (χ2n) is 4.29. The minimum atomic E-state index is -0.187. The van der Waals surface area contributed by atoms with Crippen molar-refractivity contribution in [2.75, 3.05) is 6.54 Å². The van der Waals surface area contributed by atoms with Crippen molar-refractivity contribution < 1.29 is 5.11 Å². The van der Waals surface area contributed by atoms with Gasteiger partial charge in [0.2, 0.25) is 0 Å². The summed E-state index contributed by atoms with van der Waals surface area (Å²) in [6.45, 7) is 1.06. The van der Waals surface area contributed by atoms with E-state index in [2.05, 4.69) is 29.6 Å². The first-order valence-corrected chi connectivity index (χ1v) is 5.81. The molecule has 82 valence electrons. The van der Waals surface area contributed by atoms with Crippen molar-refractivity contribution in [1.29, 1.82) is 0 Å². The largest absolute Gasteiger partial charge is 0.391 e. The Morgan fingerprint density at radius 1 is 1.33 bits per heavy atom. The molecule has 0 radical (unpaired) electrons. The molecule has 0 saturated carbocycles. The Labute approximate surface area is 91.3 Å². The standard InChI is InChI=1S/C13H19NO/c15-13(12-7-4-10-14-12)9-8-11-5-2-1-3-6-11/h1-3,5-6,12-15H,4,7-10H2/t12?,13-/m1/s1. The predicted octanol–water partition coefficient (Wildman–Crippen LogP) is 1.73. The zero-order valence-electron chi connectivity index (χ0n) is 9.02. The third kappa shape index (κ3) is 3.05. The molecule has 0 aromatic heterocycles. The van der Waals surface area contributed by atoms with E-state index in [1.807, 2.05) is 6.07 Å². The molecule has 2 rings (SSSR count). The molecule has 1 fully saturated rings. The van der Waals surface area contributed by atoms with Crippen molar-refractivity contribution in [1.82, 2.24) is 5.32 Å². The summed E-state index contributed by atoms with van der Waals surface area (Å²) in [6.07, 6.45) is 3.97. The SMILES string of the molecule is O[C@H](CCc1ccccc1)C1CCCN1. The molecule has 1 unspecified atom stereocenters. The number of nitrogens with one attached hydrogen (secondary N) is 1. The highest BCUT2D eigenvalue weighted by atomic mass is 16.3. The molecule has 1 aromatic rings. The Hall–Kier alpha value is -0.860. The number of hydrogen-bond acceptors (Lipinski definition) is 2. The molecule has 1 heterocycles. The van der Waals surface area contributed by atoms with Crippen molar-refractivity contribution in [2.45, 2.75) is 37.8 Å². The predicted molar refractivity (Wildman–Crippen MR) is 61.8 cm³/mol. The van der Waals surface area contributed by atoms with Crippen LogP contribution in [-0.4, -0.2) is 23.8 Å². The average Bonchev–Trinajstić information content (AvgIpc) is 2.81. The first-order valence-electron chi connectivity index (χ1n) is 5.81. The summed E-state index contributed by atoms with van der Waals surface area (Å²) in [5.41, 5.74) is 1.31. The van der Waals surface area contributed by atoms with Crippen LogP contribution < -0.4 is 5.32 Å². The van der Waals surface area contributed by atoms with Gasteiger partial charge in [-0.3, -0.25) is 0 Å². The maximum Gasteiger partial charge on any atom is 0.0696 e. The molecular weight excluding hydrogens is 186 g/mol. The Morgan fingerprint density at radius 3 is 2.80 bits per heavy atom. The highest BCUT2D eigenvalue weighted by Gasteiger charge is 2.21. The van der Waals surface area contributed by atoms with Crippen LogP contribution in [0.1, 0.15) is 24.8 Å². The van der Waals surface area contributed by atoms with Gasteiger partial charge in [-0.05, 0) is 37.8 Å². The quantitative estimate of drug-likeness (QED) is 0.784. The Morgan fingerprint density at radius 2 is 2.13 bits per heavy atom. The average molecular weight is 205 g/mol. The first kappa shape index (κ1) is 10.7.